The van der Waals surface area contributed by atoms with Crippen LogP contribution < -0.4 is 5.32 Å². The first-order chi connectivity index (χ1) is 9.08. The summed E-state index contributed by atoms with van der Waals surface area (Å²) in [5, 5.41) is 12.4. The highest BCUT2D eigenvalue weighted by atomic mass is 16.4. The second-order valence-corrected chi connectivity index (χ2v) is 5.82. The van der Waals surface area contributed by atoms with Gasteiger partial charge in [0, 0.05) is 19.1 Å². The minimum absolute atomic E-state index is 0.162. The number of carbonyl (C=O) groups is 2. The molecule has 0 aromatic rings. The molecule has 19 heavy (non-hydrogen) atoms. The van der Waals surface area contributed by atoms with Crippen LogP contribution >= 0.6 is 0 Å². The Labute approximate surface area is 114 Å². The summed E-state index contributed by atoms with van der Waals surface area (Å²) in [6.07, 6.45) is 5.52. The normalized spacial score (nSPS) is 29.2. The summed E-state index contributed by atoms with van der Waals surface area (Å²) in [4.78, 5) is 25.1. The fraction of sp³-hybridized carbons (Fsp3) is 0.857. The van der Waals surface area contributed by atoms with Crippen molar-refractivity contribution < 1.29 is 14.7 Å². The van der Waals surface area contributed by atoms with Crippen LogP contribution in [0, 0.1) is 5.92 Å². The third-order valence-electron chi connectivity index (χ3n) is 4.30. The average Bonchev–Trinajstić information content (AvgIpc) is 2.92. The predicted molar refractivity (Wildman–Crippen MR) is 71.8 cm³/mol. The first-order valence-electron chi connectivity index (χ1n) is 7.35. The molecule has 1 amide bonds. The molecule has 5 heteroatoms. The monoisotopic (exact) mass is 268 g/mol. The van der Waals surface area contributed by atoms with E-state index in [1.807, 2.05) is 11.8 Å². The zero-order chi connectivity index (χ0) is 13.8. The summed E-state index contributed by atoms with van der Waals surface area (Å²) >= 11 is 0. The second kappa shape index (κ2) is 6.37. The minimum atomic E-state index is -0.704. The smallest absolute Gasteiger partial charge is 0.306 e. The van der Waals surface area contributed by atoms with Gasteiger partial charge < -0.3 is 15.3 Å². The lowest BCUT2D eigenvalue weighted by Crippen LogP contribution is -2.49. The number of amides is 1. The van der Waals surface area contributed by atoms with Gasteiger partial charge in [0.05, 0.1) is 12.0 Å². The molecule has 0 bridgehead atoms. The highest BCUT2D eigenvalue weighted by molar-refractivity contribution is 5.81. The number of nitrogens with zero attached hydrogens (tertiary/aromatic N) is 1. The molecule has 2 N–H and O–H groups in total. The summed E-state index contributed by atoms with van der Waals surface area (Å²) in [5.41, 5.74) is 0. The van der Waals surface area contributed by atoms with Crippen LogP contribution in [0.5, 0.6) is 0 Å². The van der Waals surface area contributed by atoms with Gasteiger partial charge in [0.25, 0.3) is 0 Å². The van der Waals surface area contributed by atoms with Crippen LogP contribution in [0.4, 0.5) is 0 Å². The first kappa shape index (κ1) is 14.3. The third-order valence-corrected chi connectivity index (χ3v) is 4.30. The maximum atomic E-state index is 12.2. The van der Waals surface area contributed by atoms with Crippen molar-refractivity contribution in [3.63, 3.8) is 0 Å². The van der Waals surface area contributed by atoms with Gasteiger partial charge in [0.15, 0.2) is 0 Å². The van der Waals surface area contributed by atoms with Gasteiger partial charge in [-0.2, -0.15) is 0 Å². The molecule has 1 aliphatic carbocycles. The van der Waals surface area contributed by atoms with Crippen LogP contribution in [0.15, 0.2) is 0 Å². The van der Waals surface area contributed by atoms with E-state index in [0.717, 1.165) is 45.2 Å². The van der Waals surface area contributed by atoms with Crippen LogP contribution in [-0.2, 0) is 9.59 Å². The number of aliphatic carboxylic acids is 1. The Kier molecular flexibility index (Phi) is 4.80. The Morgan fingerprint density at radius 1 is 1.21 bits per heavy atom. The van der Waals surface area contributed by atoms with Crippen LogP contribution in [0.25, 0.3) is 0 Å². The molecule has 3 unspecified atom stereocenters. The van der Waals surface area contributed by atoms with Crippen molar-refractivity contribution in [3.05, 3.63) is 0 Å². The lowest BCUT2D eigenvalue weighted by molar-refractivity contribution is -0.143. The molecule has 108 valence electrons. The molecule has 0 aromatic heterocycles. The standard InChI is InChI=1S/C14H24N2O3/c1-10(13(17)16-7-2-3-8-16)15-12-6-4-5-11(9-12)14(18)19/h10-12,15H,2-9H2,1H3,(H,18,19). The van der Waals surface area contributed by atoms with Crippen molar-refractivity contribution in [1.82, 2.24) is 10.2 Å². The lowest BCUT2D eigenvalue weighted by Gasteiger charge is -2.31. The molecule has 3 atom stereocenters. The molecule has 2 aliphatic rings. The van der Waals surface area contributed by atoms with Crippen LogP contribution in [-0.4, -0.2) is 47.1 Å². The van der Waals surface area contributed by atoms with Crippen LogP contribution in [0.1, 0.15) is 45.4 Å². The number of hydrogen-bond acceptors (Lipinski definition) is 3. The lowest BCUT2D eigenvalue weighted by atomic mass is 9.85. The second-order valence-electron chi connectivity index (χ2n) is 5.82. The first-order valence-corrected chi connectivity index (χ1v) is 7.35. The summed E-state index contributed by atoms with van der Waals surface area (Å²) in [6, 6.07) is -0.0351. The third kappa shape index (κ3) is 3.69. The Hall–Kier alpha value is -1.10. The van der Waals surface area contributed by atoms with Gasteiger partial charge in [0.2, 0.25) is 5.91 Å². The molecule has 2 rings (SSSR count). The Balaban J connectivity index is 1.82. The Morgan fingerprint density at radius 2 is 1.89 bits per heavy atom. The van der Waals surface area contributed by atoms with Gasteiger partial charge in [-0.05, 0) is 39.0 Å². The molecule has 1 saturated carbocycles. The molecular weight excluding hydrogens is 244 g/mol. The number of carboxylic acid groups (broad SMARTS) is 1. The molecule has 1 heterocycles. The maximum absolute atomic E-state index is 12.2. The fourth-order valence-electron chi connectivity index (χ4n) is 3.20. The zero-order valence-electron chi connectivity index (χ0n) is 11.6. The highest BCUT2D eigenvalue weighted by Crippen LogP contribution is 2.25. The molecular formula is C14H24N2O3. The summed E-state index contributed by atoms with van der Waals surface area (Å²) in [5.74, 6) is -0.791. The molecule has 0 aromatic carbocycles. The Morgan fingerprint density at radius 3 is 2.53 bits per heavy atom. The van der Waals surface area contributed by atoms with Crippen molar-refractivity contribution in [2.75, 3.05) is 13.1 Å². The molecule has 1 aliphatic heterocycles. The number of likely N-dealkylation sites (tertiary alicyclic amines) is 1. The van der Waals surface area contributed by atoms with Crippen molar-refractivity contribution >= 4 is 11.9 Å². The summed E-state index contributed by atoms with van der Waals surface area (Å²) < 4.78 is 0. The van der Waals surface area contributed by atoms with E-state index >= 15 is 0 Å². The highest BCUT2D eigenvalue weighted by Gasteiger charge is 2.30. The van der Waals surface area contributed by atoms with Crippen molar-refractivity contribution in [1.29, 1.82) is 0 Å². The minimum Gasteiger partial charge on any atom is -0.481 e. The van der Waals surface area contributed by atoms with E-state index in [2.05, 4.69) is 5.32 Å². The van der Waals surface area contributed by atoms with E-state index in [-0.39, 0.29) is 23.9 Å². The van der Waals surface area contributed by atoms with E-state index in [1.54, 1.807) is 0 Å². The van der Waals surface area contributed by atoms with E-state index in [9.17, 15) is 9.59 Å². The number of rotatable bonds is 4. The maximum Gasteiger partial charge on any atom is 0.306 e. The Bertz CT molecular complexity index is 340. The van der Waals surface area contributed by atoms with E-state index < -0.39 is 5.97 Å². The molecule has 0 spiro atoms. The summed E-state index contributed by atoms with van der Waals surface area (Å²) in [7, 11) is 0. The average molecular weight is 268 g/mol. The number of hydrogen-bond donors (Lipinski definition) is 2. The van der Waals surface area contributed by atoms with E-state index in [4.69, 9.17) is 5.11 Å². The SMILES string of the molecule is CC(NC1CCCC(C(=O)O)C1)C(=O)N1CCCC1. The van der Waals surface area contributed by atoms with E-state index in [1.165, 1.54) is 0 Å². The largest absolute Gasteiger partial charge is 0.481 e. The van der Waals surface area contributed by atoms with Crippen molar-refractivity contribution in [2.45, 2.75) is 57.5 Å². The summed E-state index contributed by atoms with van der Waals surface area (Å²) in [6.45, 7) is 3.63. The quantitative estimate of drug-likeness (QED) is 0.804. The zero-order valence-corrected chi connectivity index (χ0v) is 11.6. The number of carboxylic acids is 1. The van der Waals surface area contributed by atoms with Gasteiger partial charge in [-0.25, -0.2) is 0 Å². The molecule has 1 saturated heterocycles. The number of nitrogens with one attached hydrogen (secondary N) is 1. The molecule has 2 fully saturated rings. The van der Waals surface area contributed by atoms with Gasteiger partial charge >= 0.3 is 5.97 Å². The van der Waals surface area contributed by atoms with Gasteiger partial charge in [-0.3, -0.25) is 9.59 Å². The van der Waals surface area contributed by atoms with Gasteiger partial charge in [0.1, 0.15) is 0 Å². The van der Waals surface area contributed by atoms with Crippen molar-refractivity contribution in [2.24, 2.45) is 5.92 Å². The van der Waals surface area contributed by atoms with Crippen LogP contribution in [0.3, 0.4) is 0 Å². The molecule has 5 nitrogen and oxygen atoms in total. The predicted octanol–water partition coefficient (Wildman–Crippen LogP) is 1.23. The van der Waals surface area contributed by atoms with Crippen molar-refractivity contribution in [3.8, 4) is 0 Å². The topological polar surface area (TPSA) is 69.6 Å². The van der Waals surface area contributed by atoms with Gasteiger partial charge in [-0.1, -0.05) is 6.42 Å². The van der Waals surface area contributed by atoms with Gasteiger partial charge in [-0.15, -0.1) is 0 Å². The fourth-order valence-corrected chi connectivity index (χ4v) is 3.20. The van der Waals surface area contributed by atoms with E-state index in [0.29, 0.717) is 6.42 Å². The molecule has 0 radical (unpaired) electrons. The number of carbonyl (C=O) groups excluding carboxylic acids is 1. The van der Waals surface area contributed by atoms with Crippen LogP contribution in [0.2, 0.25) is 0 Å².